The van der Waals surface area contributed by atoms with Gasteiger partial charge in [-0.05, 0) is 64.6 Å². The second kappa shape index (κ2) is 11.4. The van der Waals surface area contributed by atoms with Crippen LogP contribution in [0.5, 0.6) is 0 Å². The summed E-state index contributed by atoms with van der Waals surface area (Å²) in [5.41, 5.74) is 5.67. The third-order valence-corrected chi connectivity index (χ3v) is 16.2. The molecule has 2 aromatic heterocycles. The lowest BCUT2D eigenvalue weighted by atomic mass is 9.92. The molecule has 210 valence electrons. The molecule has 0 saturated carbocycles. The lowest BCUT2D eigenvalue weighted by Crippen LogP contribution is -2.51. The Kier molecular flexibility index (Phi) is 7.85. The Morgan fingerprint density at radius 3 is 2.05 bits per heavy atom. The molecule has 0 spiro atoms. The molecule has 0 bridgehead atoms. The van der Waals surface area contributed by atoms with Crippen LogP contribution in [0.4, 0.5) is 0 Å². The number of hydrogen-bond acceptors (Lipinski definition) is 3. The van der Waals surface area contributed by atoms with Crippen molar-refractivity contribution in [3.8, 4) is 11.3 Å². The van der Waals surface area contributed by atoms with Crippen molar-refractivity contribution < 1.29 is 1.37 Å². The smallest absolute Gasteiger partial charge is 0.116 e. The molecule has 0 atom stereocenters. The van der Waals surface area contributed by atoms with Gasteiger partial charge in [0.1, 0.15) is 7.67 Å². The Morgan fingerprint density at radius 1 is 0.775 bits per heavy atom. The van der Waals surface area contributed by atoms with Crippen molar-refractivity contribution in [3.63, 3.8) is 0 Å². The summed E-state index contributed by atoms with van der Waals surface area (Å²) in [7, 11) is -1.78. The van der Waals surface area contributed by atoms with Gasteiger partial charge in [0.2, 0.25) is 0 Å². The van der Waals surface area contributed by atoms with Crippen LogP contribution in [0.25, 0.3) is 42.3 Å². The van der Waals surface area contributed by atoms with Crippen molar-refractivity contribution in [2.45, 2.75) is 86.4 Å². The van der Waals surface area contributed by atoms with Crippen LogP contribution in [0.3, 0.4) is 0 Å². The summed E-state index contributed by atoms with van der Waals surface area (Å²) in [4.78, 5) is 9.49. The van der Waals surface area contributed by atoms with Gasteiger partial charge in [0, 0.05) is 15.6 Å². The highest BCUT2D eigenvalue weighted by Crippen LogP contribution is 2.42. The van der Waals surface area contributed by atoms with E-state index in [1.165, 1.54) is 50.1 Å². The number of fused-ring (bicyclic) bond motifs is 4. The highest BCUT2D eigenvalue weighted by Gasteiger charge is 2.38. The monoisotopic (exact) mass is 567 g/mol. The molecule has 5 rings (SSSR count). The highest BCUT2D eigenvalue weighted by molar-refractivity contribution is 7.26. The Bertz CT molecular complexity index is 1690. The number of aryl methyl sites for hydroxylation is 1. The van der Waals surface area contributed by atoms with Crippen LogP contribution in [0.1, 0.15) is 73.8 Å². The first-order chi connectivity index (χ1) is 19.4. The van der Waals surface area contributed by atoms with E-state index >= 15 is 0 Å². The fourth-order valence-electron chi connectivity index (χ4n) is 7.38. The number of benzene rings is 3. The third-order valence-electron chi connectivity index (χ3n) is 8.38. The Morgan fingerprint density at radius 2 is 1.43 bits per heavy atom. The van der Waals surface area contributed by atoms with Crippen molar-refractivity contribution in [1.82, 2.24) is 9.97 Å². The lowest BCUT2D eigenvalue weighted by molar-refractivity contribution is 0.649. The Balaban J connectivity index is 1.78. The number of nitrogens with zero attached hydrogens (tertiary/aromatic N) is 2. The maximum absolute atomic E-state index is 8.60. The molecule has 0 unspecified atom stereocenters. The number of rotatable bonds is 9. The summed E-state index contributed by atoms with van der Waals surface area (Å²) in [6, 6.07) is 21.9. The van der Waals surface area contributed by atoms with E-state index in [1.54, 1.807) is 5.19 Å². The maximum atomic E-state index is 8.60. The van der Waals surface area contributed by atoms with Crippen LogP contribution in [-0.2, 0) is 0 Å². The van der Waals surface area contributed by atoms with Gasteiger partial charge in [-0.1, -0.05) is 115 Å². The van der Waals surface area contributed by atoms with E-state index in [-0.39, 0.29) is 6.30 Å². The fourth-order valence-corrected chi connectivity index (χ4v) is 15.9. The molecule has 4 heteroatoms. The van der Waals surface area contributed by atoms with E-state index in [0.717, 1.165) is 21.5 Å². The molecule has 0 aliphatic rings. The van der Waals surface area contributed by atoms with Crippen LogP contribution in [0.2, 0.25) is 18.1 Å². The van der Waals surface area contributed by atoms with Crippen molar-refractivity contribution in [1.29, 1.82) is 0 Å². The summed E-state index contributed by atoms with van der Waals surface area (Å²) < 4.78 is 11.0. The minimum absolute atomic E-state index is 0.0938. The zero-order valence-corrected chi connectivity index (χ0v) is 27.7. The Labute approximate surface area is 247 Å². The standard InChI is InChI=1S/C36H46N2SSi/c1-22(2)18-40(19-23(3)4,20-24(5)6)32-15-14-30-34-36(39-35(30)26(32)9)33(37-21-38-34)28-16-27-12-10-11-13-29(27)31(17-28)25(7)8/h10-17,21-25H,18-20H2,1-9H3/i21D. The first-order valence-corrected chi connectivity index (χ1v) is 18.6. The van der Waals surface area contributed by atoms with Crippen LogP contribution >= 0.6 is 11.3 Å². The average Bonchev–Trinajstić information content (AvgIpc) is 3.25. The van der Waals surface area contributed by atoms with Gasteiger partial charge in [0.05, 0.1) is 24.0 Å². The second-order valence-corrected chi connectivity index (χ2v) is 18.9. The molecule has 3 aromatic carbocycles. The zero-order chi connectivity index (χ0) is 29.6. The highest BCUT2D eigenvalue weighted by atomic mass is 32.1. The van der Waals surface area contributed by atoms with Gasteiger partial charge in [0.15, 0.2) is 0 Å². The molecule has 2 nitrogen and oxygen atoms in total. The summed E-state index contributed by atoms with van der Waals surface area (Å²) in [6.45, 7) is 21.3. The predicted molar refractivity (Wildman–Crippen MR) is 181 cm³/mol. The van der Waals surface area contributed by atoms with Crippen LogP contribution in [-0.4, -0.2) is 18.0 Å². The lowest BCUT2D eigenvalue weighted by Gasteiger charge is -2.38. The van der Waals surface area contributed by atoms with Gasteiger partial charge in [-0.2, -0.15) is 0 Å². The Hall–Kier alpha value is -2.56. The average molecular weight is 568 g/mol. The molecule has 0 aliphatic carbocycles. The predicted octanol–water partition coefficient (Wildman–Crippen LogP) is 10.7. The van der Waals surface area contributed by atoms with E-state index in [0.29, 0.717) is 23.7 Å². The van der Waals surface area contributed by atoms with Gasteiger partial charge in [-0.15, -0.1) is 11.3 Å². The van der Waals surface area contributed by atoms with E-state index in [2.05, 4.69) is 111 Å². The molecule has 0 saturated heterocycles. The van der Waals surface area contributed by atoms with E-state index in [9.17, 15) is 0 Å². The SMILES string of the molecule is [2H]c1nc(-c2cc(C(C)C)c3ccccc3c2)c2sc3c(C)c([Si](CC(C)C)(CC(C)C)CC(C)C)ccc3c2n1. The van der Waals surface area contributed by atoms with Crippen molar-refractivity contribution in [3.05, 3.63) is 66.0 Å². The van der Waals surface area contributed by atoms with Gasteiger partial charge < -0.3 is 0 Å². The summed E-state index contributed by atoms with van der Waals surface area (Å²) >= 11 is 1.84. The number of aromatic nitrogens is 2. The fraction of sp³-hybridized carbons (Fsp3) is 0.444. The van der Waals surface area contributed by atoms with Crippen LogP contribution in [0.15, 0.2) is 54.8 Å². The molecule has 0 radical (unpaired) electrons. The topological polar surface area (TPSA) is 25.8 Å². The second-order valence-electron chi connectivity index (χ2n) is 13.6. The molecular formula is C36H46N2SSi. The van der Waals surface area contributed by atoms with E-state index < -0.39 is 8.07 Å². The summed E-state index contributed by atoms with van der Waals surface area (Å²) in [5.74, 6) is 2.44. The number of hydrogen-bond donors (Lipinski definition) is 0. The number of thiophene rings is 1. The third kappa shape index (κ3) is 5.37. The minimum atomic E-state index is -1.78. The van der Waals surface area contributed by atoms with Gasteiger partial charge in [-0.25, -0.2) is 9.97 Å². The molecule has 0 amide bonds. The van der Waals surface area contributed by atoms with Gasteiger partial charge >= 0.3 is 0 Å². The van der Waals surface area contributed by atoms with E-state index in [1.807, 2.05) is 11.3 Å². The first kappa shape index (κ1) is 27.6. The normalized spacial score (nSPS) is 13.2. The van der Waals surface area contributed by atoms with E-state index in [4.69, 9.17) is 11.3 Å². The molecule has 0 aliphatic heterocycles. The van der Waals surface area contributed by atoms with Gasteiger partial charge in [-0.3, -0.25) is 0 Å². The van der Waals surface area contributed by atoms with Crippen LogP contribution < -0.4 is 5.19 Å². The van der Waals surface area contributed by atoms with Crippen molar-refractivity contribution in [2.75, 3.05) is 0 Å². The van der Waals surface area contributed by atoms with Crippen molar-refractivity contribution in [2.24, 2.45) is 17.8 Å². The molecule has 0 N–H and O–H groups in total. The quantitative estimate of drug-likeness (QED) is 0.166. The molecule has 5 aromatic rings. The molecule has 2 heterocycles. The molecule has 40 heavy (non-hydrogen) atoms. The van der Waals surface area contributed by atoms with Crippen molar-refractivity contribution >= 4 is 55.7 Å². The summed E-state index contributed by atoms with van der Waals surface area (Å²) in [6.07, 6.45) is 0.0938. The van der Waals surface area contributed by atoms with Crippen LogP contribution in [0, 0.1) is 24.7 Å². The minimum Gasteiger partial charge on any atom is -0.235 e. The molecule has 0 fully saturated rings. The largest absolute Gasteiger partial charge is 0.235 e. The zero-order valence-electron chi connectivity index (χ0n) is 26.9. The molecular weight excluding hydrogens is 521 g/mol. The maximum Gasteiger partial charge on any atom is 0.116 e. The first-order valence-electron chi connectivity index (χ1n) is 15.6. The summed E-state index contributed by atoms with van der Waals surface area (Å²) in [5, 5.41) is 5.33. The van der Waals surface area contributed by atoms with Gasteiger partial charge in [0.25, 0.3) is 0 Å².